The highest BCUT2D eigenvalue weighted by molar-refractivity contribution is 4.98. The third-order valence-corrected chi connectivity index (χ3v) is 2.92. The molecule has 0 amide bonds. The maximum Gasteiger partial charge on any atom is 0.0971 e. The summed E-state index contributed by atoms with van der Waals surface area (Å²) in [6.45, 7) is 4.21. The number of nitrogens with one attached hydrogen (secondary N) is 3. The molecule has 0 fully saturated rings. The highest BCUT2D eigenvalue weighted by Crippen LogP contribution is 2.11. The Morgan fingerprint density at radius 3 is 2.00 bits per heavy atom. The Morgan fingerprint density at radius 1 is 1.23 bits per heavy atom. The van der Waals surface area contributed by atoms with Crippen LogP contribution < -0.4 is 21.7 Å². The molecule has 80 valence electrons. The lowest BCUT2D eigenvalue weighted by Crippen LogP contribution is -2.72. The van der Waals surface area contributed by atoms with Gasteiger partial charge >= 0.3 is 0 Å². The molecule has 13 heavy (non-hydrogen) atoms. The zero-order valence-electron chi connectivity index (χ0n) is 9.44. The molecule has 0 saturated carbocycles. The second-order valence-electron chi connectivity index (χ2n) is 3.44. The molecule has 0 saturated heterocycles. The van der Waals surface area contributed by atoms with Gasteiger partial charge in [-0.1, -0.05) is 6.92 Å². The summed E-state index contributed by atoms with van der Waals surface area (Å²) >= 11 is 0. The minimum absolute atomic E-state index is 0.217. The van der Waals surface area contributed by atoms with E-state index in [1.165, 1.54) is 0 Å². The Bertz CT molecular complexity index is 136. The van der Waals surface area contributed by atoms with Gasteiger partial charge in [-0.3, -0.25) is 5.32 Å². The molecule has 0 heterocycles. The number of hydrogen-bond acceptors (Lipinski definition) is 4. The van der Waals surface area contributed by atoms with Crippen LogP contribution in [-0.4, -0.2) is 38.9 Å². The van der Waals surface area contributed by atoms with Gasteiger partial charge in [0.25, 0.3) is 0 Å². The monoisotopic (exact) mass is 188 g/mol. The zero-order valence-corrected chi connectivity index (χ0v) is 9.44. The molecular formula is C9H24N4. The van der Waals surface area contributed by atoms with Crippen LogP contribution in [0.3, 0.4) is 0 Å². The van der Waals surface area contributed by atoms with Crippen LogP contribution in [-0.2, 0) is 0 Å². The summed E-state index contributed by atoms with van der Waals surface area (Å²) in [7, 11) is 5.76. The first-order chi connectivity index (χ1) is 6.06. The van der Waals surface area contributed by atoms with Gasteiger partial charge in [-0.05, 0) is 34.5 Å². The summed E-state index contributed by atoms with van der Waals surface area (Å²) in [5.41, 5.74) is 5.88. The van der Waals surface area contributed by atoms with E-state index in [0.29, 0.717) is 0 Å². The maximum absolute atomic E-state index is 6.28. The first-order valence-electron chi connectivity index (χ1n) is 4.89. The topological polar surface area (TPSA) is 62.1 Å². The van der Waals surface area contributed by atoms with Crippen LogP contribution in [0.1, 0.15) is 20.3 Å². The van der Waals surface area contributed by atoms with Gasteiger partial charge < -0.3 is 16.4 Å². The summed E-state index contributed by atoms with van der Waals surface area (Å²) in [6.07, 6.45) is 1.000. The van der Waals surface area contributed by atoms with Crippen molar-refractivity contribution in [2.45, 2.75) is 38.0 Å². The van der Waals surface area contributed by atoms with Crippen LogP contribution in [0.5, 0.6) is 0 Å². The van der Waals surface area contributed by atoms with E-state index in [0.717, 1.165) is 6.42 Å². The Labute approximate surface area is 81.6 Å². The molecular weight excluding hydrogens is 164 g/mol. The van der Waals surface area contributed by atoms with Crippen molar-refractivity contribution < 1.29 is 0 Å². The second kappa shape index (κ2) is 5.54. The van der Waals surface area contributed by atoms with Crippen molar-refractivity contribution in [3.05, 3.63) is 0 Å². The zero-order chi connectivity index (χ0) is 10.5. The first kappa shape index (κ1) is 12.8. The van der Waals surface area contributed by atoms with Crippen molar-refractivity contribution in [2.24, 2.45) is 5.73 Å². The lowest BCUT2D eigenvalue weighted by atomic mass is 9.92. The van der Waals surface area contributed by atoms with Gasteiger partial charge in [-0.25, -0.2) is 0 Å². The lowest BCUT2D eigenvalue weighted by Gasteiger charge is -2.41. The molecule has 0 aliphatic carbocycles. The number of likely N-dealkylation sites (N-methyl/N-ethyl adjacent to an activating group) is 3. The first-order valence-corrected chi connectivity index (χ1v) is 4.89. The lowest BCUT2D eigenvalue weighted by molar-refractivity contribution is 0.201. The van der Waals surface area contributed by atoms with Crippen molar-refractivity contribution in [1.82, 2.24) is 16.0 Å². The molecule has 3 unspecified atom stereocenters. The third-order valence-electron chi connectivity index (χ3n) is 2.92. The molecule has 0 aliphatic rings. The normalized spacial score (nSPS) is 20.8. The Kier molecular flexibility index (Phi) is 5.48. The largest absolute Gasteiger partial charge is 0.314 e. The molecule has 0 rings (SSSR count). The van der Waals surface area contributed by atoms with E-state index >= 15 is 0 Å². The average Bonchev–Trinajstić information content (AvgIpc) is 2.17. The van der Waals surface area contributed by atoms with Crippen LogP contribution in [0.4, 0.5) is 0 Å². The van der Waals surface area contributed by atoms with Crippen LogP contribution in [0.15, 0.2) is 0 Å². The van der Waals surface area contributed by atoms with Gasteiger partial charge in [0.15, 0.2) is 0 Å². The van der Waals surface area contributed by atoms with Gasteiger partial charge in [0, 0.05) is 12.1 Å². The Hall–Kier alpha value is -0.160. The fraction of sp³-hybridized carbons (Fsp3) is 1.00. The molecule has 4 heteroatoms. The van der Waals surface area contributed by atoms with Crippen LogP contribution in [0.2, 0.25) is 0 Å². The van der Waals surface area contributed by atoms with Crippen molar-refractivity contribution in [2.75, 3.05) is 21.1 Å². The highest BCUT2D eigenvalue weighted by Gasteiger charge is 2.36. The fourth-order valence-corrected chi connectivity index (χ4v) is 1.71. The SMILES string of the molecule is CCC(NC)C(N)(NC)C(C)NC. The van der Waals surface area contributed by atoms with Crippen molar-refractivity contribution in [3.63, 3.8) is 0 Å². The molecule has 0 aromatic carbocycles. The Balaban J connectivity index is 4.57. The maximum atomic E-state index is 6.28. The number of nitrogens with two attached hydrogens (primary N) is 1. The molecule has 3 atom stereocenters. The molecule has 0 bridgehead atoms. The summed E-state index contributed by atoms with van der Waals surface area (Å²) in [6, 6.07) is 0.481. The summed E-state index contributed by atoms with van der Waals surface area (Å²) in [5.74, 6) is 0. The van der Waals surface area contributed by atoms with E-state index in [2.05, 4.69) is 29.8 Å². The van der Waals surface area contributed by atoms with Gasteiger partial charge in [0.05, 0.1) is 5.66 Å². The Morgan fingerprint density at radius 2 is 1.77 bits per heavy atom. The van der Waals surface area contributed by atoms with Crippen LogP contribution >= 0.6 is 0 Å². The van der Waals surface area contributed by atoms with Gasteiger partial charge in [0.1, 0.15) is 0 Å². The predicted octanol–water partition coefficient (Wildman–Crippen LogP) is -0.533. The highest BCUT2D eigenvalue weighted by atomic mass is 15.2. The van der Waals surface area contributed by atoms with Crippen molar-refractivity contribution >= 4 is 0 Å². The van der Waals surface area contributed by atoms with Gasteiger partial charge in [-0.2, -0.15) is 0 Å². The summed E-state index contributed by atoms with van der Waals surface area (Å²) in [5, 5.41) is 9.59. The van der Waals surface area contributed by atoms with Crippen LogP contribution in [0, 0.1) is 0 Å². The minimum atomic E-state index is -0.405. The third kappa shape index (κ3) is 2.64. The van der Waals surface area contributed by atoms with E-state index in [9.17, 15) is 0 Å². The fourth-order valence-electron chi connectivity index (χ4n) is 1.71. The van der Waals surface area contributed by atoms with E-state index in [-0.39, 0.29) is 12.1 Å². The summed E-state index contributed by atoms with van der Waals surface area (Å²) in [4.78, 5) is 0. The molecule has 0 aromatic heterocycles. The number of rotatable bonds is 6. The van der Waals surface area contributed by atoms with Crippen molar-refractivity contribution in [3.8, 4) is 0 Å². The quantitative estimate of drug-likeness (QED) is 0.423. The second-order valence-corrected chi connectivity index (χ2v) is 3.44. The standard InChI is InChI=1S/C9H24N4/c1-6-8(12-4)9(10,13-5)7(2)11-3/h7-8,11-13H,6,10H2,1-5H3. The molecule has 5 N–H and O–H groups in total. The van der Waals surface area contributed by atoms with E-state index < -0.39 is 5.66 Å². The van der Waals surface area contributed by atoms with E-state index in [4.69, 9.17) is 5.73 Å². The molecule has 4 nitrogen and oxygen atoms in total. The molecule has 0 spiro atoms. The average molecular weight is 188 g/mol. The summed E-state index contributed by atoms with van der Waals surface area (Å²) < 4.78 is 0. The van der Waals surface area contributed by atoms with Gasteiger partial charge in [-0.15, -0.1) is 0 Å². The van der Waals surface area contributed by atoms with Crippen molar-refractivity contribution in [1.29, 1.82) is 0 Å². The smallest absolute Gasteiger partial charge is 0.0971 e. The van der Waals surface area contributed by atoms with E-state index in [1.807, 2.05) is 21.1 Å². The molecule has 0 aliphatic heterocycles. The molecule has 0 radical (unpaired) electrons. The predicted molar refractivity (Wildman–Crippen MR) is 57.6 cm³/mol. The van der Waals surface area contributed by atoms with Gasteiger partial charge in [0.2, 0.25) is 0 Å². The van der Waals surface area contributed by atoms with Crippen LogP contribution in [0.25, 0.3) is 0 Å². The molecule has 0 aromatic rings. The van der Waals surface area contributed by atoms with E-state index in [1.54, 1.807) is 0 Å². The number of hydrogen-bond donors (Lipinski definition) is 4. The minimum Gasteiger partial charge on any atom is -0.314 e.